The molecule has 0 radical (unpaired) electrons. The van der Waals surface area contributed by atoms with E-state index in [1.165, 1.54) is 0 Å². The molecule has 22 heavy (non-hydrogen) atoms. The number of aliphatic carboxylic acids is 1. The zero-order valence-corrected chi connectivity index (χ0v) is 13.1. The Kier molecular flexibility index (Phi) is 5.33. The van der Waals surface area contributed by atoms with Crippen LogP contribution in [0.4, 0.5) is 0 Å². The Hall–Kier alpha value is -2.14. The van der Waals surface area contributed by atoms with Crippen molar-refractivity contribution >= 4 is 17.4 Å². The molecule has 1 saturated heterocycles. The molecule has 1 heterocycles. The fourth-order valence-corrected chi connectivity index (χ4v) is 2.43. The Labute approximate surface area is 130 Å². The first-order valence-corrected chi connectivity index (χ1v) is 7.44. The molecule has 0 saturated carbocycles. The maximum Gasteiger partial charge on any atom is 0.307 e. The second-order valence-electron chi connectivity index (χ2n) is 5.66. The van der Waals surface area contributed by atoms with E-state index in [1.807, 2.05) is 36.1 Å². The van der Waals surface area contributed by atoms with Crippen LogP contribution < -0.4 is 0 Å². The van der Waals surface area contributed by atoms with Crippen LogP contribution in [-0.4, -0.2) is 60.0 Å². The standard InChI is InChI=1S/C17H22N2O3/c1-13(3-8-16(20)21)14-4-6-15(7-5-14)17(22)19-11-9-18(2)10-12-19/h3-7H,8-12H2,1-2H3,(H,20,21)/b13-3+. The highest BCUT2D eigenvalue weighted by molar-refractivity contribution is 5.94. The molecule has 1 aromatic carbocycles. The van der Waals surface area contributed by atoms with E-state index >= 15 is 0 Å². The number of carbonyl (C=O) groups excluding carboxylic acids is 1. The van der Waals surface area contributed by atoms with Gasteiger partial charge < -0.3 is 14.9 Å². The first kappa shape index (κ1) is 16.2. The number of nitrogens with zero attached hydrogens (tertiary/aromatic N) is 2. The van der Waals surface area contributed by atoms with Crippen LogP contribution in [-0.2, 0) is 4.79 Å². The van der Waals surface area contributed by atoms with Crippen molar-refractivity contribution in [1.82, 2.24) is 9.80 Å². The Morgan fingerprint density at radius 1 is 1.09 bits per heavy atom. The summed E-state index contributed by atoms with van der Waals surface area (Å²) in [4.78, 5) is 27.1. The van der Waals surface area contributed by atoms with Crippen LogP contribution >= 0.6 is 0 Å². The Morgan fingerprint density at radius 3 is 2.18 bits per heavy atom. The summed E-state index contributed by atoms with van der Waals surface area (Å²) in [5, 5.41) is 8.69. The Balaban J connectivity index is 2.03. The molecule has 1 aliphatic rings. The molecule has 0 aliphatic carbocycles. The fraction of sp³-hybridized carbons (Fsp3) is 0.412. The van der Waals surface area contributed by atoms with Crippen LogP contribution in [0.15, 0.2) is 30.3 Å². The number of carbonyl (C=O) groups is 2. The summed E-state index contributed by atoms with van der Waals surface area (Å²) in [6, 6.07) is 7.37. The van der Waals surface area contributed by atoms with Gasteiger partial charge in [0.2, 0.25) is 0 Å². The smallest absolute Gasteiger partial charge is 0.307 e. The van der Waals surface area contributed by atoms with Crippen molar-refractivity contribution in [3.63, 3.8) is 0 Å². The van der Waals surface area contributed by atoms with Crippen molar-refractivity contribution in [3.05, 3.63) is 41.5 Å². The molecule has 1 aliphatic heterocycles. The van der Waals surface area contributed by atoms with E-state index in [4.69, 9.17) is 5.11 Å². The molecule has 0 atom stereocenters. The number of carboxylic acid groups (broad SMARTS) is 1. The lowest BCUT2D eigenvalue weighted by Crippen LogP contribution is -2.47. The number of allylic oxidation sites excluding steroid dienone is 1. The van der Waals surface area contributed by atoms with Gasteiger partial charge in [0.1, 0.15) is 0 Å². The first-order valence-electron chi connectivity index (χ1n) is 7.44. The quantitative estimate of drug-likeness (QED) is 0.923. The summed E-state index contributed by atoms with van der Waals surface area (Å²) in [6.45, 7) is 5.20. The van der Waals surface area contributed by atoms with Gasteiger partial charge in [-0.1, -0.05) is 18.2 Å². The number of likely N-dealkylation sites (N-methyl/N-ethyl adjacent to an activating group) is 1. The van der Waals surface area contributed by atoms with E-state index in [2.05, 4.69) is 11.9 Å². The summed E-state index contributed by atoms with van der Waals surface area (Å²) in [5.41, 5.74) is 2.52. The zero-order chi connectivity index (χ0) is 16.1. The van der Waals surface area contributed by atoms with E-state index in [-0.39, 0.29) is 12.3 Å². The molecule has 1 aromatic rings. The third-order valence-corrected chi connectivity index (χ3v) is 3.96. The molecule has 2 rings (SSSR count). The minimum absolute atomic E-state index is 0.00775. The first-order chi connectivity index (χ1) is 10.5. The molecular weight excluding hydrogens is 280 g/mol. The summed E-state index contributed by atoms with van der Waals surface area (Å²) in [5.74, 6) is -0.784. The monoisotopic (exact) mass is 302 g/mol. The van der Waals surface area contributed by atoms with Gasteiger partial charge in [0.05, 0.1) is 6.42 Å². The third kappa shape index (κ3) is 4.18. The van der Waals surface area contributed by atoms with Gasteiger partial charge in [-0.15, -0.1) is 0 Å². The lowest BCUT2D eigenvalue weighted by molar-refractivity contribution is -0.135. The molecule has 5 nitrogen and oxygen atoms in total. The Bertz CT molecular complexity index is 570. The fourth-order valence-electron chi connectivity index (χ4n) is 2.43. The zero-order valence-electron chi connectivity index (χ0n) is 13.1. The maximum atomic E-state index is 12.4. The number of hydrogen-bond acceptors (Lipinski definition) is 3. The van der Waals surface area contributed by atoms with E-state index in [1.54, 1.807) is 6.08 Å². The average Bonchev–Trinajstić information content (AvgIpc) is 2.53. The largest absolute Gasteiger partial charge is 0.481 e. The number of rotatable bonds is 4. The number of amides is 1. The van der Waals surface area contributed by atoms with Gasteiger partial charge in [-0.05, 0) is 37.2 Å². The van der Waals surface area contributed by atoms with Gasteiger partial charge in [0.15, 0.2) is 0 Å². The van der Waals surface area contributed by atoms with Crippen LogP contribution in [0.2, 0.25) is 0 Å². The predicted octanol–water partition coefficient (Wildman–Crippen LogP) is 1.95. The van der Waals surface area contributed by atoms with Crippen LogP contribution in [0.25, 0.3) is 5.57 Å². The van der Waals surface area contributed by atoms with Gasteiger partial charge in [-0.3, -0.25) is 9.59 Å². The van der Waals surface area contributed by atoms with Crippen molar-refractivity contribution in [2.45, 2.75) is 13.3 Å². The number of carboxylic acids is 1. The number of benzene rings is 1. The van der Waals surface area contributed by atoms with Crippen molar-refractivity contribution in [1.29, 1.82) is 0 Å². The highest BCUT2D eigenvalue weighted by atomic mass is 16.4. The summed E-state index contributed by atoms with van der Waals surface area (Å²) in [6.07, 6.45) is 1.69. The molecule has 0 unspecified atom stereocenters. The average molecular weight is 302 g/mol. The summed E-state index contributed by atoms with van der Waals surface area (Å²) in [7, 11) is 2.06. The lowest BCUT2D eigenvalue weighted by atomic mass is 10.0. The van der Waals surface area contributed by atoms with Gasteiger partial charge in [-0.25, -0.2) is 0 Å². The molecule has 0 bridgehead atoms. The molecule has 0 aromatic heterocycles. The third-order valence-electron chi connectivity index (χ3n) is 3.96. The van der Waals surface area contributed by atoms with Crippen LogP contribution in [0.3, 0.4) is 0 Å². The van der Waals surface area contributed by atoms with Gasteiger partial charge in [0.25, 0.3) is 5.91 Å². The highest BCUT2D eigenvalue weighted by Gasteiger charge is 2.20. The van der Waals surface area contributed by atoms with Crippen molar-refractivity contribution in [2.24, 2.45) is 0 Å². The molecule has 1 N–H and O–H groups in total. The topological polar surface area (TPSA) is 60.9 Å². The number of piperazine rings is 1. The van der Waals surface area contributed by atoms with Crippen LogP contribution in [0.1, 0.15) is 29.3 Å². The van der Waals surface area contributed by atoms with E-state index < -0.39 is 5.97 Å². The second kappa shape index (κ2) is 7.22. The predicted molar refractivity (Wildman–Crippen MR) is 85.7 cm³/mol. The minimum atomic E-state index is -0.846. The lowest BCUT2D eigenvalue weighted by Gasteiger charge is -2.32. The molecule has 1 fully saturated rings. The van der Waals surface area contributed by atoms with Gasteiger partial charge in [-0.2, -0.15) is 0 Å². The normalized spacial score (nSPS) is 16.6. The van der Waals surface area contributed by atoms with Crippen molar-refractivity contribution in [3.8, 4) is 0 Å². The van der Waals surface area contributed by atoms with Crippen molar-refractivity contribution in [2.75, 3.05) is 33.2 Å². The molecular formula is C17H22N2O3. The maximum absolute atomic E-state index is 12.4. The molecule has 5 heteroatoms. The van der Waals surface area contributed by atoms with Crippen molar-refractivity contribution < 1.29 is 14.7 Å². The van der Waals surface area contributed by atoms with E-state index in [0.29, 0.717) is 5.56 Å². The molecule has 0 spiro atoms. The summed E-state index contributed by atoms with van der Waals surface area (Å²) < 4.78 is 0. The second-order valence-corrected chi connectivity index (χ2v) is 5.66. The molecule has 1 amide bonds. The van der Waals surface area contributed by atoms with E-state index in [9.17, 15) is 9.59 Å². The van der Waals surface area contributed by atoms with Crippen LogP contribution in [0.5, 0.6) is 0 Å². The van der Waals surface area contributed by atoms with Crippen LogP contribution in [0, 0.1) is 0 Å². The van der Waals surface area contributed by atoms with Gasteiger partial charge in [0, 0.05) is 31.7 Å². The highest BCUT2D eigenvalue weighted by Crippen LogP contribution is 2.16. The minimum Gasteiger partial charge on any atom is -0.481 e. The SMILES string of the molecule is C/C(=C\CC(=O)O)c1ccc(C(=O)N2CCN(C)CC2)cc1. The molecule has 118 valence electrons. The van der Waals surface area contributed by atoms with E-state index in [0.717, 1.165) is 37.3 Å². The number of hydrogen-bond donors (Lipinski definition) is 1. The summed E-state index contributed by atoms with van der Waals surface area (Å²) >= 11 is 0. The Morgan fingerprint density at radius 2 is 1.64 bits per heavy atom. The van der Waals surface area contributed by atoms with Gasteiger partial charge >= 0.3 is 5.97 Å².